The normalized spacial score (nSPS) is 22.6. The van der Waals surface area contributed by atoms with Crippen LogP contribution in [0.3, 0.4) is 0 Å². The van der Waals surface area contributed by atoms with Gasteiger partial charge in [0.15, 0.2) is 0 Å². The Morgan fingerprint density at radius 3 is 2.40 bits per heavy atom. The molecule has 118 valence electrons. The number of nitrogens with one attached hydrogen (secondary N) is 2. The van der Waals surface area contributed by atoms with Crippen molar-refractivity contribution in [3.05, 3.63) is 0 Å². The van der Waals surface area contributed by atoms with E-state index in [1.54, 1.807) is 0 Å². The second kappa shape index (κ2) is 8.23. The Hall–Kier alpha value is -0.280. The number of hydrogen-bond acceptors (Lipinski definition) is 2. The Balaban J connectivity index is 0.00000200. The lowest BCUT2D eigenvalue weighted by Crippen LogP contribution is -2.42. The molecule has 0 bridgehead atoms. The molecule has 1 aliphatic carbocycles. The number of carbonyl (C=O) groups is 1. The molecular formula is C16H31ClN2O. The molecule has 1 amide bonds. The Morgan fingerprint density at radius 2 is 1.85 bits per heavy atom. The second-order valence-corrected chi connectivity index (χ2v) is 7.05. The predicted molar refractivity (Wildman–Crippen MR) is 86.2 cm³/mol. The number of rotatable bonds is 5. The van der Waals surface area contributed by atoms with Gasteiger partial charge in [0.2, 0.25) is 5.91 Å². The summed E-state index contributed by atoms with van der Waals surface area (Å²) in [6.07, 6.45) is 8.56. The first-order valence-corrected chi connectivity index (χ1v) is 8.10. The van der Waals surface area contributed by atoms with Gasteiger partial charge in [0.1, 0.15) is 0 Å². The molecule has 3 nitrogen and oxygen atoms in total. The largest absolute Gasteiger partial charge is 0.355 e. The monoisotopic (exact) mass is 302 g/mol. The average Bonchev–Trinajstić information content (AvgIpc) is 2.85. The van der Waals surface area contributed by atoms with Gasteiger partial charge in [0.25, 0.3) is 0 Å². The lowest BCUT2D eigenvalue weighted by Gasteiger charge is -2.32. The van der Waals surface area contributed by atoms with Gasteiger partial charge < -0.3 is 10.6 Å². The zero-order valence-corrected chi connectivity index (χ0v) is 13.9. The second-order valence-electron chi connectivity index (χ2n) is 7.05. The molecule has 2 rings (SSSR count). The molecule has 4 heteroatoms. The molecule has 1 saturated carbocycles. The quantitative estimate of drug-likeness (QED) is 0.819. The van der Waals surface area contributed by atoms with Gasteiger partial charge in [-0.15, -0.1) is 12.4 Å². The molecule has 1 saturated heterocycles. The fourth-order valence-electron chi connectivity index (χ4n) is 3.95. The van der Waals surface area contributed by atoms with Gasteiger partial charge >= 0.3 is 0 Å². The fourth-order valence-corrected chi connectivity index (χ4v) is 3.95. The molecule has 0 spiro atoms. The van der Waals surface area contributed by atoms with E-state index < -0.39 is 0 Å². The first-order chi connectivity index (χ1) is 9.11. The van der Waals surface area contributed by atoms with Crippen molar-refractivity contribution in [2.45, 2.75) is 58.8 Å². The van der Waals surface area contributed by atoms with Crippen molar-refractivity contribution >= 4 is 18.3 Å². The van der Waals surface area contributed by atoms with Crippen LogP contribution in [-0.4, -0.2) is 25.5 Å². The maximum absolute atomic E-state index is 12.2. The van der Waals surface area contributed by atoms with Crippen molar-refractivity contribution in [1.29, 1.82) is 0 Å². The van der Waals surface area contributed by atoms with Gasteiger partial charge in [-0.05, 0) is 56.5 Å². The van der Waals surface area contributed by atoms with Crippen LogP contribution >= 0.6 is 12.4 Å². The fraction of sp³-hybridized carbons (Fsp3) is 0.938. The molecule has 0 aromatic rings. The van der Waals surface area contributed by atoms with E-state index in [9.17, 15) is 4.79 Å². The zero-order chi connectivity index (χ0) is 13.7. The summed E-state index contributed by atoms with van der Waals surface area (Å²) in [5, 5.41) is 6.59. The van der Waals surface area contributed by atoms with Crippen LogP contribution in [0, 0.1) is 17.3 Å². The van der Waals surface area contributed by atoms with Crippen LogP contribution in [0.1, 0.15) is 58.8 Å². The number of amides is 1. The first kappa shape index (κ1) is 17.8. The van der Waals surface area contributed by atoms with Crippen molar-refractivity contribution in [3.63, 3.8) is 0 Å². The van der Waals surface area contributed by atoms with Crippen LogP contribution in [0.2, 0.25) is 0 Å². The molecule has 1 aliphatic heterocycles. The molecular weight excluding hydrogens is 272 g/mol. The van der Waals surface area contributed by atoms with Crippen molar-refractivity contribution in [1.82, 2.24) is 10.6 Å². The summed E-state index contributed by atoms with van der Waals surface area (Å²) in [6.45, 7) is 7.50. The van der Waals surface area contributed by atoms with Crippen LogP contribution in [0.25, 0.3) is 0 Å². The molecule has 2 N–H and O–H groups in total. The highest BCUT2D eigenvalue weighted by molar-refractivity contribution is 5.85. The van der Waals surface area contributed by atoms with Crippen LogP contribution in [0.5, 0.6) is 0 Å². The summed E-state index contributed by atoms with van der Waals surface area (Å²) in [4.78, 5) is 12.2. The smallest absolute Gasteiger partial charge is 0.223 e. The van der Waals surface area contributed by atoms with E-state index in [1.165, 1.54) is 32.1 Å². The SMILES string of the molecule is CC(C)CC1(CNC(=O)C2CCNCC2)CCCC1.Cl. The standard InChI is InChI=1S/C16H30N2O.ClH/c1-13(2)11-16(7-3-4-8-16)12-18-15(19)14-5-9-17-10-6-14;/h13-14,17H,3-12H2,1-2H3,(H,18,19);1H. The minimum atomic E-state index is 0. The molecule has 2 fully saturated rings. The topological polar surface area (TPSA) is 41.1 Å². The van der Waals surface area contributed by atoms with Crippen LogP contribution in [0.4, 0.5) is 0 Å². The van der Waals surface area contributed by atoms with E-state index in [1.807, 2.05) is 0 Å². The van der Waals surface area contributed by atoms with E-state index in [2.05, 4.69) is 24.5 Å². The Morgan fingerprint density at radius 1 is 1.25 bits per heavy atom. The van der Waals surface area contributed by atoms with Gasteiger partial charge in [-0.2, -0.15) is 0 Å². The summed E-state index contributed by atoms with van der Waals surface area (Å²) < 4.78 is 0. The average molecular weight is 303 g/mol. The minimum absolute atomic E-state index is 0. The van der Waals surface area contributed by atoms with Crippen LogP contribution in [0.15, 0.2) is 0 Å². The van der Waals surface area contributed by atoms with Crippen LogP contribution < -0.4 is 10.6 Å². The lowest BCUT2D eigenvalue weighted by atomic mass is 9.78. The van der Waals surface area contributed by atoms with Crippen molar-refractivity contribution in [2.75, 3.05) is 19.6 Å². The summed E-state index contributed by atoms with van der Waals surface area (Å²) in [6, 6.07) is 0. The summed E-state index contributed by atoms with van der Waals surface area (Å²) >= 11 is 0. The van der Waals surface area contributed by atoms with Gasteiger partial charge in [0, 0.05) is 12.5 Å². The van der Waals surface area contributed by atoms with E-state index >= 15 is 0 Å². The molecule has 1 heterocycles. The highest BCUT2D eigenvalue weighted by Crippen LogP contribution is 2.42. The molecule has 0 radical (unpaired) electrons. The first-order valence-electron chi connectivity index (χ1n) is 8.10. The van der Waals surface area contributed by atoms with Gasteiger partial charge in [-0.1, -0.05) is 26.7 Å². The molecule has 20 heavy (non-hydrogen) atoms. The molecule has 2 aliphatic rings. The van der Waals surface area contributed by atoms with Crippen molar-refractivity contribution in [3.8, 4) is 0 Å². The molecule has 0 unspecified atom stereocenters. The number of hydrogen-bond donors (Lipinski definition) is 2. The van der Waals surface area contributed by atoms with Crippen molar-refractivity contribution < 1.29 is 4.79 Å². The van der Waals surface area contributed by atoms with Crippen LogP contribution in [-0.2, 0) is 4.79 Å². The number of halogens is 1. The summed E-state index contributed by atoms with van der Waals surface area (Å²) in [5.74, 6) is 1.28. The van der Waals surface area contributed by atoms with E-state index in [4.69, 9.17) is 0 Å². The van der Waals surface area contributed by atoms with Gasteiger partial charge in [0.05, 0.1) is 0 Å². The third-order valence-electron chi connectivity index (χ3n) is 4.85. The number of piperidine rings is 1. The minimum Gasteiger partial charge on any atom is -0.355 e. The number of carbonyl (C=O) groups excluding carboxylic acids is 1. The van der Waals surface area contributed by atoms with E-state index in [0.717, 1.165) is 38.4 Å². The van der Waals surface area contributed by atoms with Crippen molar-refractivity contribution in [2.24, 2.45) is 17.3 Å². The summed E-state index contributed by atoms with van der Waals surface area (Å²) in [7, 11) is 0. The zero-order valence-electron chi connectivity index (χ0n) is 13.0. The third kappa shape index (κ3) is 4.92. The third-order valence-corrected chi connectivity index (χ3v) is 4.85. The Labute approximate surface area is 130 Å². The Bertz CT molecular complexity index is 295. The molecule has 0 aromatic carbocycles. The maximum Gasteiger partial charge on any atom is 0.223 e. The molecule has 0 aromatic heterocycles. The van der Waals surface area contributed by atoms with Gasteiger partial charge in [-0.3, -0.25) is 4.79 Å². The maximum atomic E-state index is 12.2. The van der Waals surface area contributed by atoms with E-state index in [0.29, 0.717) is 11.3 Å². The van der Waals surface area contributed by atoms with E-state index in [-0.39, 0.29) is 18.3 Å². The Kier molecular flexibility index (Phi) is 7.32. The highest BCUT2D eigenvalue weighted by atomic mass is 35.5. The van der Waals surface area contributed by atoms with Gasteiger partial charge in [-0.25, -0.2) is 0 Å². The summed E-state index contributed by atoms with van der Waals surface area (Å²) in [5.41, 5.74) is 0.400. The lowest BCUT2D eigenvalue weighted by molar-refractivity contribution is -0.126. The highest BCUT2D eigenvalue weighted by Gasteiger charge is 2.35. The predicted octanol–water partition coefficient (Wildman–Crippen LogP) is 3.13. The molecule has 0 atom stereocenters.